The van der Waals surface area contributed by atoms with E-state index in [0.717, 1.165) is 12.1 Å². The minimum Gasteiger partial charge on any atom is -0.444 e. The molecule has 0 bridgehead atoms. The molecule has 3 rings (SSSR count). The molecule has 2 aromatic rings. The molecule has 1 aromatic carbocycles. The Morgan fingerprint density at radius 1 is 1.09 bits per heavy atom. The van der Waals surface area contributed by atoms with E-state index in [-0.39, 0.29) is 5.58 Å². The van der Waals surface area contributed by atoms with Crippen LogP contribution in [-0.2, 0) is 21.4 Å². The molecule has 0 atom stereocenters. The second kappa shape index (κ2) is 8.86. The zero-order valence-electron chi connectivity index (χ0n) is 18.1. The summed E-state index contributed by atoms with van der Waals surface area (Å²) in [4.78, 5) is 27.8. The molecule has 0 unspecified atom stereocenters. The van der Waals surface area contributed by atoms with E-state index in [4.69, 9.17) is 9.15 Å². The maximum atomic E-state index is 12.6. The van der Waals surface area contributed by atoms with Crippen LogP contribution < -0.4 is 9.81 Å². The number of carbonyl (C=O) groups excluding carboxylic acids is 1. The second-order valence-electron chi connectivity index (χ2n) is 8.48. The van der Waals surface area contributed by atoms with Gasteiger partial charge in [0.1, 0.15) is 16.9 Å². The molecule has 0 radical (unpaired) electrons. The highest BCUT2D eigenvalue weighted by molar-refractivity contribution is 7.88. The highest BCUT2D eigenvalue weighted by Crippen LogP contribution is 2.29. The lowest BCUT2D eigenvalue weighted by atomic mass is 10.1. The van der Waals surface area contributed by atoms with Crippen molar-refractivity contribution in [1.82, 2.24) is 9.80 Å². The minimum absolute atomic E-state index is 0.111. The summed E-state index contributed by atoms with van der Waals surface area (Å²) in [5.74, 6) is -0.633. The fourth-order valence-corrected chi connectivity index (χ4v) is 3.67. The molecule has 1 saturated heterocycles. The van der Waals surface area contributed by atoms with Crippen molar-refractivity contribution in [2.45, 2.75) is 38.4 Å². The number of benzene rings is 1. The van der Waals surface area contributed by atoms with Gasteiger partial charge in [0, 0.05) is 50.2 Å². The molecule has 0 aliphatic carbocycles. The van der Waals surface area contributed by atoms with E-state index >= 15 is 0 Å². The van der Waals surface area contributed by atoms with Gasteiger partial charge < -0.3 is 18.2 Å². The Hall–Kier alpha value is -2.80. The van der Waals surface area contributed by atoms with Gasteiger partial charge in [0.2, 0.25) is 0 Å². The number of halogens is 3. The molecule has 33 heavy (non-hydrogen) atoms. The Morgan fingerprint density at radius 3 is 2.30 bits per heavy atom. The van der Waals surface area contributed by atoms with Gasteiger partial charge in [-0.3, -0.25) is 4.90 Å². The molecule has 0 spiro atoms. The van der Waals surface area contributed by atoms with Crippen molar-refractivity contribution in [2.24, 2.45) is 0 Å². The van der Waals surface area contributed by atoms with Gasteiger partial charge in [0.25, 0.3) is 0 Å². The van der Waals surface area contributed by atoms with Gasteiger partial charge in [-0.15, -0.1) is 0 Å². The lowest BCUT2D eigenvalue weighted by Crippen LogP contribution is -2.49. The average molecular weight is 492 g/mol. The smallest absolute Gasteiger partial charge is 0.444 e. The molecule has 13 heteroatoms. The molecular weight excluding hydrogens is 469 g/mol. The number of hydrogen-bond donors (Lipinski definition) is 0. The van der Waals surface area contributed by atoms with E-state index in [1.807, 2.05) is 4.90 Å². The van der Waals surface area contributed by atoms with Crippen molar-refractivity contribution < 1.29 is 39.7 Å². The van der Waals surface area contributed by atoms with Crippen LogP contribution in [0.4, 0.5) is 18.0 Å². The molecule has 182 valence electrons. The number of hydrogen-bond acceptors (Lipinski definition) is 8. The number of ether oxygens (including phenoxy) is 1. The van der Waals surface area contributed by atoms with Crippen LogP contribution in [0.2, 0.25) is 0 Å². The Kier molecular flexibility index (Phi) is 6.67. The van der Waals surface area contributed by atoms with Crippen LogP contribution in [0.3, 0.4) is 0 Å². The molecule has 1 aromatic heterocycles. The molecule has 1 amide bonds. The van der Waals surface area contributed by atoms with Gasteiger partial charge in [-0.2, -0.15) is 21.6 Å². The van der Waals surface area contributed by atoms with Gasteiger partial charge in [0.05, 0.1) is 0 Å². The molecule has 0 saturated carbocycles. The summed E-state index contributed by atoms with van der Waals surface area (Å²) in [7, 11) is -5.86. The van der Waals surface area contributed by atoms with Crippen LogP contribution in [-0.4, -0.2) is 61.6 Å². The average Bonchev–Trinajstić information content (AvgIpc) is 2.65. The van der Waals surface area contributed by atoms with Crippen LogP contribution >= 0.6 is 0 Å². The van der Waals surface area contributed by atoms with Crippen LogP contribution in [0.15, 0.2) is 33.5 Å². The Bertz CT molecular complexity index is 1190. The van der Waals surface area contributed by atoms with Gasteiger partial charge in [-0.1, -0.05) is 0 Å². The number of rotatable bonds is 4. The topological polar surface area (TPSA) is 106 Å². The summed E-state index contributed by atoms with van der Waals surface area (Å²) >= 11 is 0. The van der Waals surface area contributed by atoms with Crippen molar-refractivity contribution in [3.8, 4) is 5.75 Å². The first-order valence-corrected chi connectivity index (χ1v) is 11.3. The standard InChI is InChI=1S/C20H23F3N2O7S/c1-19(2,3)31-18(27)25-8-6-24(7-9-25)12-13-10-17(26)30-16-11-14(4-5-15(13)16)32-33(28,29)20(21,22)23/h4-5,10-11H,6-9,12H2,1-3H3. The third-order valence-corrected chi connectivity index (χ3v) is 5.69. The van der Waals surface area contributed by atoms with Gasteiger partial charge in [-0.05, 0) is 38.5 Å². The van der Waals surface area contributed by atoms with Crippen molar-refractivity contribution in [2.75, 3.05) is 26.2 Å². The molecule has 1 fully saturated rings. The maximum absolute atomic E-state index is 12.6. The molecule has 1 aliphatic rings. The van der Waals surface area contributed by atoms with E-state index in [0.29, 0.717) is 43.7 Å². The summed E-state index contributed by atoms with van der Waals surface area (Å²) in [6.45, 7) is 7.50. The van der Waals surface area contributed by atoms with Gasteiger partial charge in [0.15, 0.2) is 0 Å². The lowest BCUT2D eigenvalue weighted by molar-refractivity contribution is -0.0500. The third-order valence-electron chi connectivity index (χ3n) is 4.71. The number of nitrogens with zero attached hydrogens (tertiary/aromatic N) is 2. The van der Waals surface area contributed by atoms with Gasteiger partial charge >= 0.3 is 27.3 Å². The zero-order chi connectivity index (χ0) is 24.6. The number of amides is 1. The molecule has 9 nitrogen and oxygen atoms in total. The highest BCUT2D eigenvalue weighted by Gasteiger charge is 2.48. The van der Waals surface area contributed by atoms with Crippen molar-refractivity contribution in [3.63, 3.8) is 0 Å². The highest BCUT2D eigenvalue weighted by atomic mass is 32.2. The van der Waals surface area contributed by atoms with E-state index in [2.05, 4.69) is 4.18 Å². The Balaban J connectivity index is 1.74. The van der Waals surface area contributed by atoms with E-state index in [1.165, 1.54) is 12.1 Å². The van der Waals surface area contributed by atoms with Crippen molar-refractivity contribution in [3.05, 3.63) is 40.2 Å². The number of alkyl halides is 3. The summed E-state index contributed by atoms with van der Waals surface area (Å²) in [5, 5.41) is 0.418. The zero-order valence-corrected chi connectivity index (χ0v) is 19.0. The van der Waals surface area contributed by atoms with Crippen LogP contribution in [0, 0.1) is 0 Å². The molecule has 0 N–H and O–H groups in total. The summed E-state index contributed by atoms with van der Waals surface area (Å²) in [6, 6.07) is 4.56. The third kappa shape index (κ3) is 6.16. The quantitative estimate of drug-likeness (QED) is 0.364. The minimum atomic E-state index is -5.86. The van der Waals surface area contributed by atoms with E-state index in [1.54, 1.807) is 25.7 Å². The normalized spacial score (nSPS) is 16.1. The maximum Gasteiger partial charge on any atom is 0.534 e. The summed E-state index contributed by atoms with van der Waals surface area (Å²) < 4.78 is 74.6. The number of carbonyl (C=O) groups is 1. The van der Waals surface area contributed by atoms with Crippen LogP contribution in [0.1, 0.15) is 26.3 Å². The van der Waals surface area contributed by atoms with Gasteiger partial charge in [-0.25, -0.2) is 9.59 Å². The van der Waals surface area contributed by atoms with E-state index in [9.17, 15) is 31.2 Å². The first-order valence-electron chi connectivity index (χ1n) is 9.92. The summed E-state index contributed by atoms with van der Waals surface area (Å²) in [6.07, 6.45) is -0.408. The molecule has 1 aliphatic heterocycles. The largest absolute Gasteiger partial charge is 0.534 e. The summed E-state index contributed by atoms with van der Waals surface area (Å²) in [5.41, 5.74) is -6.52. The molecular formula is C20H23F3N2O7S. The SMILES string of the molecule is CC(C)(C)OC(=O)N1CCN(Cc2cc(=O)oc3cc(OS(=O)(=O)C(F)(F)F)ccc23)CC1. The van der Waals surface area contributed by atoms with Crippen molar-refractivity contribution in [1.29, 1.82) is 0 Å². The van der Waals surface area contributed by atoms with Crippen LogP contribution in [0.5, 0.6) is 5.75 Å². The van der Waals surface area contributed by atoms with Crippen LogP contribution in [0.25, 0.3) is 11.0 Å². The van der Waals surface area contributed by atoms with Crippen molar-refractivity contribution >= 4 is 27.2 Å². The first-order chi connectivity index (χ1) is 15.1. The Morgan fingerprint density at radius 2 is 1.73 bits per heavy atom. The molecule has 2 heterocycles. The number of fused-ring (bicyclic) bond motifs is 1. The monoisotopic (exact) mass is 492 g/mol. The fourth-order valence-electron chi connectivity index (χ4n) is 3.22. The van der Waals surface area contributed by atoms with E-state index < -0.39 is 38.7 Å². The lowest BCUT2D eigenvalue weighted by Gasteiger charge is -2.35. The Labute approximate surface area is 187 Å². The predicted molar refractivity (Wildman–Crippen MR) is 111 cm³/mol. The number of piperazine rings is 1. The predicted octanol–water partition coefficient (Wildman–Crippen LogP) is 3.07. The second-order valence-corrected chi connectivity index (χ2v) is 10.0. The fraction of sp³-hybridized carbons (Fsp3) is 0.500. The first kappa shape index (κ1) is 24.8.